The monoisotopic (exact) mass is 630 g/mol. The van der Waals surface area contributed by atoms with Crippen LogP contribution in [0.3, 0.4) is 0 Å². The molecule has 2 N–H and O–H groups in total. The number of carbonyl (C=O) groups is 1. The lowest BCUT2D eigenvalue weighted by molar-refractivity contribution is -0.199. The number of aliphatic hydroxyl groups is 1. The zero-order chi connectivity index (χ0) is 32.3. The number of alkyl halides is 3. The van der Waals surface area contributed by atoms with E-state index in [0.29, 0.717) is 57.5 Å². The number of halogens is 3. The van der Waals surface area contributed by atoms with Crippen LogP contribution in [0.2, 0.25) is 0 Å². The number of ether oxygens (including phenoxy) is 1. The summed E-state index contributed by atoms with van der Waals surface area (Å²) >= 11 is 0. The van der Waals surface area contributed by atoms with Crippen molar-refractivity contribution >= 4 is 12.0 Å². The van der Waals surface area contributed by atoms with Crippen molar-refractivity contribution in [3.8, 4) is 11.5 Å². The van der Waals surface area contributed by atoms with Gasteiger partial charge in [-0.3, -0.25) is 9.69 Å². The van der Waals surface area contributed by atoms with E-state index in [2.05, 4.69) is 11.5 Å². The minimum absolute atomic E-state index is 0.0159. The van der Waals surface area contributed by atoms with Crippen molar-refractivity contribution in [3.05, 3.63) is 113 Å². The maximum atomic E-state index is 14.1. The lowest BCUT2D eigenvalue weighted by atomic mass is 9.48. The molecule has 5 atom stereocenters. The molecule has 9 heteroatoms. The fourth-order valence-electron chi connectivity index (χ4n) is 8.72. The minimum atomic E-state index is -4.49. The molecule has 6 nitrogen and oxygen atoms in total. The zero-order valence-corrected chi connectivity index (χ0v) is 25.4. The summed E-state index contributed by atoms with van der Waals surface area (Å²) in [6, 6.07) is 17.6. The van der Waals surface area contributed by atoms with E-state index >= 15 is 0 Å². The van der Waals surface area contributed by atoms with E-state index in [1.54, 1.807) is 11.0 Å². The Bertz CT molecular complexity index is 1690. The van der Waals surface area contributed by atoms with Crippen molar-refractivity contribution in [2.75, 3.05) is 19.6 Å². The molecule has 0 aromatic heterocycles. The average Bonchev–Trinajstić information content (AvgIpc) is 3.40. The number of likely N-dealkylation sites (tertiary alicyclic amines) is 1. The number of aromatic hydroxyl groups is 1. The molecule has 2 aliphatic carbocycles. The zero-order valence-electron chi connectivity index (χ0n) is 25.4. The lowest BCUT2D eigenvalue weighted by Gasteiger charge is -2.64. The molecule has 0 radical (unpaired) electrons. The summed E-state index contributed by atoms with van der Waals surface area (Å²) in [5.74, 6) is 0.0567. The van der Waals surface area contributed by atoms with Crippen molar-refractivity contribution in [2.45, 2.75) is 67.5 Å². The Morgan fingerprint density at radius 2 is 1.91 bits per heavy atom. The average molecular weight is 631 g/mol. The number of rotatable bonds is 8. The van der Waals surface area contributed by atoms with E-state index in [1.807, 2.05) is 42.5 Å². The van der Waals surface area contributed by atoms with Gasteiger partial charge in [0.2, 0.25) is 5.91 Å². The molecular weight excluding hydrogens is 593 g/mol. The predicted molar refractivity (Wildman–Crippen MR) is 168 cm³/mol. The molecule has 4 aliphatic rings. The Labute approximate surface area is 266 Å². The van der Waals surface area contributed by atoms with Crippen molar-refractivity contribution in [3.63, 3.8) is 0 Å². The van der Waals surface area contributed by atoms with Gasteiger partial charge in [-0.1, -0.05) is 54.6 Å². The van der Waals surface area contributed by atoms with E-state index in [4.69, 9.17) is 4.74 Å². The fourth-order valence-corrected chi connectivity index (χ4v) is 8.72. The molecule has 2 heterocycles. The first-order chi connectivity index (χ1) is 22.1. The third kappa shape index (κ3) is 4.74. The predicted octanol–water partition coefficient (Wildman–Crippen LogP) is 5.90. The summed E-state index contributed by atoms with van der Waals surface area (Å²) < 4.78 is 46.8. The van der Waals surface area contributed by atoms with Crippen LogP contribution in [-0.4, -0.2) is 69.3 Å². The Kier molecular flexibility index (Phi) is 7.52. The smallest absolute Gasteiger partial charge is 0.416 e. The van der Waals surface area contributed by atoms with Gasteiger partial charge in [0.15, 0.2) is 11.5 Å². The van der Waals surface area contributed by atoms with Gasteiger partial charge in [-0.15, -0.1) is 6.58 Å². The number of phenols is 1. The SMILES string of the molecule is C=CCN1CC[C@]23c4c5ccc(O)c4OC2C(N(CCc2ccccc2)C(=O)C=Cc2cccc(C(F)(F)F)c2)CC[C@@]3(O)[C@H]1C5. The normalized spacial score (nSPS) is 28.0. The molecule has 1 amide bonds. The quantitative estimate of drug-likeness (QED) is 0.240. The summed E-state index contributed by atoms with van der Waals surface area (Å²) in [5, 5.41) is 23.7. The molecule has 2 fully saturated rings. The highest BCUT2D eigenvalue weighted by Crippen LogP contribution is 2.65. The van der Waals surface area contributed by atoms with Crippen LogP contribution in [0, 0.1) is 0 Å². The van der Waals surface area contributed by atoms with Gasteiger partial charge in [-0.25, -0.2) is 0 Å². The Balaban J connectivity index is 1.27. The highest BCUT2D eigenvalue weighted by molar-refractivity contribution is 5.92. The largest absolute Gasteiger partial charge is 0.504 e. The van der Waals surface area contributed by atoms with E-state index < -0.39 is 34.9 Å². The molecule has 1 saturated heterocycles. The standard InChI is InChI=1S/C37H37F3N2O4/c1-2-19-41-21-18-35-32-26-12-13-29(43)33(32)46-34(35)28(15-17-36(35,45)30(41)23-26)42(20-16-24-7-4-3-5-8-24)31(44)14-11-25-9-6-10-27(22-25)37(38,39)40/h2-14,22,28,30,34,43,45H,1,15-21,23H2/t28?,30-,34?,35+,36-/m1/s1. The number of hydrogen-bond donors (Lipinski definition) is 2. The first kappa shape index (κ1) is 30.6. The summed E-state index contributed by atoms with van der Waals surface area (Å²) in [5.41, 5.74) is 0.431. The topological polar surface area (TPSA) is 73.2 Å². The third-order valence-corrected chi connectivity index (χ3v) is 10.7. The van der Waals surface area contributed by atoms with Crippen molar-refractivity contribution in [2.24, 2.45) is 0 Å². The number of piperidine rings is 1. The van der Waals surface area contributed by atoms with E-state index in [1.165, 1.54) is 24.3 Å². The van der Waals surface area contributed by atoms with Crippen LogP contribution in [0.1, 0.15) is 47.1 Å². The van der Waals surface area contributed by atoms with Gasteiger partial charge < -0.3 is 19.8 Å². The van der Waals surface area contributed by atoms with Crippen LogP contribution in [-0.2, 0) is 29.2 Å². The number of carbonyl (C=O) groups excluding carboxylic acids is 1. The van der Waals surface area contributed by atoms with E-state index in [9.17, 15) is 28.2 Å². The number of nitrogens with zero attached hydrogens (tertiary/aromatic N) is 2. The van der Waals surface area contributed by atoms with Crippen molar-refractivity contribution < 1.29 is 32.9 Å². The maximum Gasteiger partial charge on any atom is 0.416 e. The highest BCUT2D eigenvalue weighted by atomic mass is 19.4. The lowest BCUT2D eigenvalue weighted by Crippen LogP contribution is -2.78. The Morgan fingerprint density at radius 3 is 2.67 bits per heavy atom. The Hall–Kier alpha value is -4.08. The molecule has 2 unspecified atom stereocenters. The van der Waals surface area contributed by atoms with Crippen molar-refractivity contribution in [1.82, 2.24) is 9.80 Å². The summed E-state index contributed by atoms with van der Waals surface area (Å²) in [6.45, 7) is 5.62. The second-order valence-corrected chi connectivity index (χ2v) is 13.0. The summed E-state index contributed by atoms with van der Waals surface area (Å²) in [6.07, 6.45) is 2.14. The third-order valence-electron chi connectivity index (χ3n) is 10.7. The molecular formula is C37H37F3N2O4. The number of hydrogen-bond acceptors (Lipinski definition) is 5. The first-order valence-corrected chi connectivity index (χ1v) is 15.9. The molecule has 1 saturated carbocycles. The van der Waals surface area contributed by atoms with Crippen LogP contribution >= 0.6 is 0 Å². The highest BCUT2D eigenvalue weighted by Gasteiger charge is 2.73. The molecule has 2 bridgehead atoms. The Morgan fingerprint density at radius 1 is 1.11 bits per heavy atom. The summed E-state index contributed by atoms with van der Waals surface area (Å²) in [7, 11) is 0. The van der Waals surface area contributed by atoms with Crippen LogP contribution in [0.15, 0.2) is 85.5 Å². The van der Waals surface area contributed by atoms with Gasteiger partial charge in [0.1, 0.15) is 6.10 Å². The van der Waals surface area contributed by atoms with Crippen LogP contribution < -0.4 is 4.74 Å². The van der Waals surface area contributed by atoms with E-state index in [0.717, 1.165) is 28.8 Å². The first-order valence-electron chi connectivity index (χ1n) is 15.9. The minimum Gasteiger partial charge on any atom is -0.504 e. The second-order valence-electron chi connectivity index (χ2n) is 13.0. The number of benzene rings is 3. The number of amides is 1. The second kappa shape index (κ2) is 11.3. The maximum absolute atomic E-state index is 14.1. The van der Waals surface area contributed by atoms with Crippen LogP contribution in [0.4, 0.5) is 13.2 Å². The summed E-state index contributed by atoms with van der Waals surface area (Å²) in [4.78, 5) is 18.2. The van der Waals surface area contributed by atoms with Crippen LogP contribution in [0.5, 0.6) is 11.5 Å². The van der Waals surface area contributed by atoms with Gasteiger partial charge in [-0.2, -0.15) is 13.2 Å². The molecule has 7 rings (SSSR count). The van der Waals surface area contributed by atoms with Gasteiger partial charge in [0.05, 0.1) is 22.6 Å². The van der Waals surface area contributed by atoms with Gasteiger partial charge >= 0.3 is 6.18 Å². The van der Waals surface area contributed by atoms with E-state index in [-0.39, 0.29) is 23.3 Å². The molecule has 1 spiro atoms. The van der Waals surface area contributed by atoms with Gasteiger partial charge in [-0.05, 0) is 79.6 Å². The van der Waals surface area contributed by atoms with Gasteiger partial charge in [0.25, 0.3) is 0 Å². The van der Waals surface area contributed by atoms with Crippen molar-refractivity contribution in [1.29, 1.82) is 0 Å². The van der Waals surface area contributed by atoms with Crippen LogP contribution in [0.25, 0.3) is 6.08 Å². The molecule has 46 heavy (non-hydrogen) atoms. The molecule has 240 valence electrons. The molecule has 3 aromatic rings. The fraction of sp³-hybridized carbons (Fsp3) is 0.378. The molecule has 3 aromatic carbocycles. The number of phenolic OH excluding ortho intramolecular Hbond substituents is 1. The molecule has 2 aliphatic heterocycles. The van der Waals surface area contributed by atoms with Gasteiger partial charge in [0, 0.05) is 30.8 Å².